The van der Waals surface area contributed by atoms with Gasteiger partial charge in [0, 0.05) is 19.6 Å². The summed E-state index contributed by atoms with van der Waals surface area (Å²) in [6, 6.07) is 0. The largest absolute Gasteiger partial charge is 0.378 e. The summed E-state index contributed by atoms with van der Waals surface area (Å²) >= 11 is 0. The number of carbonyl (C=O) groups is 1. The van der Waals surface area contributed by atoms with Crippen molar-refractivity contribution in [2.45, 2.75) is 38.2 Å². The molecule has 0 aromatic carbocycles. The summed E-state index contributed by atoms with van der Waals surface area (Å²) in [5.74, 6) is 2.62. The summed E-state index contributed by atoms with van der Waals surface area (Å²) in [6.45, 7) is 1.48. The van der Waals surface area contributed by atoms with Crippen molar-refractivity contribution in [2.24, 2.45) is 0 Å². The zero-order valence-corrected chi connectivity index (χ0v) is 8.42. The van der Waals surface area contributed by atoms with Crippen molar-refractivity contribution >= 4 is 5.91 Å². The number of terminal acetylenes is 1. The summed E-state index contributed by atoms with van der Waals surface area (Å²) < 4.78 is 5.36. The highest BCUT2D eigenvalue weighted by atomic mass is 16.5. The molecule has 1 amide bonds. The Hall–Kier alpha value is -1.01. The Morgan fingerprint density at radius 3 is 3.14 bits per heavy atom. The third-order valence-corrected chi connectivity index (χ3v) is 2.26. The van der Waals surface area contributed by atoms with E-state index in [-0.39, 0.29) is 12.0 Å². The minimum Gasteiger partial charge on any atom is -0.378 e. The second-order valence-corrected chi connectivity index (χ2v) is 3.50. The lowest BCUT2D eigenvalue weighted by molar-refractivity contribution is -0.123. The molecule has 1 saturated heterocycles. The van der Waals surface area contributed by atoms with Crippen molar-refractivity contribution < 1.29 is 9.53 Å². The first kappa shape index (κ1) is 11.1. The molecule has 1 unspecified atom stereocenters. The summed E-state index contributed by atoms with van der Waals surface area (Å²) in [7, 11) is 0. The first-order valence-electron chi connectivity index (χ1n) is 5.14. The van der Waals surface area contributed by atoms with Gasteiger partial charge in [-0.1, -0.05) is 0 Å². The van der Waals surface area contributed by atoms with Gasteiger partial charge in [-0.25, -0.2) is 0 Å². The van der Waals surface area contributed by atoms with Gasteiger partial charge in [0.05, 0.1) is 12.5 Å². The molecule has 0 radical (unpaired) electrons. The van der Waals surface area contributed by atoms with Crippen LogP contribution in [-0.2, 0) is 9.53 Å². The Morgan fingerprint density at radius 1 is 1.64 bits per heavy atom. The lowest BCUT2D eigenvalue weighted by Gasteiger charge is -2.08. The molecule has 0 aromatic heterocycles. The van der Waals surface area contributed by atoms with E-state index in [1.54, 1.807) is 0 Å². The Balaban J connectivity index is 2.01. The van der Waals surface area contributed by atoms with Gasteiger partial charge in [0.1, 0.15) is 0 Å². The fourth-order valence-corrected chi connectivity index (χ4v) is 1.50. The van der Waals surface area contributed by atoms with E-state index in [0.717, 1.165) is 32.3 Å². The molecule has 3 nitrogen and oxygen atoms in total. The van der Waals surface area contributed by atoms with Crippen LogP contribution in [0.4, 0.5) is 0 Å². The van der Waals surface area contributed by atoms with Gasteiger partial charge in [0.15, 0.2) is 0 Å². The van der Waals surface area contributed by atoms with Crippen LogP contribution in [0.3, 0.4) is 0 Å². The lowest BCUT2D eigenvalue weighted by atomic mass is 10.2. The number of hydrogen-bond donors (Lipinski definition) is 1. The van der Waals surface area contributed by atoms with Crippen LogP contribution in [0, 0.1) is 12.3 Å². The zero-order chi connectivity index (χ0) is 10.2. The van der Waals surface area contributed by atoms with Gasteiger partial charge in [0.25, 0.3) is 0 Å². The second-order valence-electron chi connectivity index (χ2n) is 3.50. The number of nitrogens with one attached hydrogen (secondary N) is 1. The van der Waals surface area contributed by atoms with E-state index in [1.807, 2.05) is 0 Å². The molecule has 1 heterocycles. The molecular weight excluding hydrogens is 178 g/mol. The molecule has 0 aliphatic carbocycles. The highest BCUT2D eigenvalue weighted by molar-refractivity contribution is 5.76. The number of amides is 1. The molecule has 1 aliphatic heterocycles. The maximum absolute atomic E-state index is 11.3. The van der Waals surface area contributed by atoms with Crippen LogP contribution >= 0.6 is 0 Å². The molecule has 0 spiro atoms. The number of ether oxygens (including phenoxy) is 1. The van der Waals surface area contributed by atoms with E-state index in [9.17, 15) is 4.79 Å². The molecule has 1 N–H and O–H groups in total. The Kier molecular flexibility index (Phi) is 5.09. The fourth-order valence-electron chi connectivity index (χ4n) is 1.50. The molecule has 3 heteroatoms. The molecular formula is C11H17NO2. The number of carbonyl (C=O) groups excluding carboxylic acids is 1. The van der Waals surface area contributed by atoms with Crippen LogP contribution in [0.1, 0.15) is 32.1 Å². The monoisotopic (exact) mass is 195 g/mol. The SMILES string of the molecule is C#CCCCNC(=O)CC1CCCO1. The van der Waals surface area contributed by atoms with Crippen LogP contribution in [0.15, 0.2) is 0 Å². The molecule has 0 aromatic rings. The van der Waals surface area contributed by atoms with Crippen molar-refractivity contribution in [1.29, 1.82) is 0 Å². The van der Waals surface area contributed by atoms with Crippen LogP contribution in [-0.4, -0.2) is 25.2 Å². The quantitative estimate of drug-likeness (QED) is 0.526. The van der Waals surface area contributed by atoms with Gasteiger partial charge in [-0.3, -0.25) is 4.79 Å². The highest BCUT2D eigenvalue weighted by Crippen LogP contribution is 2.14. The predicted octanol–water partition coefficient (Wildman–Crippen LogP) is 1.09. The topological polar surface area (TPSA) is 38.3 Å². The lowest BCUT2D eigenvalue weighted by Crippen LogP contribution is -2.27. The Bertz CT molecular complexity index is 214. The zero-order valence-electron chi connectivity index (χ0n) is 8.42. The van der Waals surface area contributed by atoms with Crippen molar-refractivity contribution in [3.63, 3.8) is 0 Å². The van der Waals surface area contributed by atoms with Crippen LogP contribution in [0.2, 0.25) is 0 Å². The predicted molar refractivity (Wildman–Crippen MR) is 54.7 cm³/mol. The number of unbranched alkanes of at least 4 members (excludes halogenated alkanes) is 1. The smallest absolute Gasteiger partial charge is 0.222 e. The molecule has 1 atom stereocenters. The van der Waals surface area contributed by atoms with E-state index in [1.165, 1.54) is 0 Å². The maximum Gasteiger partial charge on any atom is 0.222 e. The molecule has 78 valence electrons. The van der Waals surface area contributed by atoms with Crippen molar-refractivity contribution in [2.75, 3.05) is 13.2 Å². The van der Waals surface area contributed by atoms with E-state index < -0.39 is 0 Å². The van der Waals surface area contributed by atoms with E-state index in [0.29, 0.717) is 13.0 Å². The van der Waals surface area contributed by atoms with Gasteiger partial charge in [-0.15, -0.1) is 12.3 Å². The summed E-state index contributed by atoms with van der Waals surface area (Å²) in [4.78, 5) is 11.3. The van der Waals surface area contributed by atoms with Gasteiger partial charge in [-0.2, -0.15) is 0 Å². The van der Waals surface area contributed by atoms with Crippen molar-refractivity contribution in [3.05, 3.63) is 0 Å². The number of hydrogen-bond acceptors (Lipinski definition) is 2. The van der Waals surface area contributed by atoms with E-state index in [4.69, 9.17) is 11.2 Å². The van der Waals surface area contributed by atoms with E-state index in [2.05, 4.69) is 11.2 Å². The summed E-state index contributed by atoms with van der Waals surface area (Å²) in [5, 5.41) is 2.83. The first-order valence-corrected chi connectivity index (χ1v) is 5.14. The van der Waals surface area contributed by atoms with Gasteiger partial charge in [0.2, 0.25) is 5.91 Å². The minimum absolute atomic E-state index is 0.0777. The van der Waals surface area contributed by atoms with Crippen LogP contribution in [0.5, 0.6) is 0 Å². The average molecular weight is 195 g/mol. The summed E-state index contributed by atoms with van der Waals surface area (Å²) in [5.41, 5.74) is 0. The van der Waals surface area contributed by atoms with E-state index >= 15 is 0 Å². The van der Waals surface area contributed by atoms with Crippen molar-refractivity contribution in [3.8, 4) is 12.3 Å². The standard InChI is InChI=1S/C11H17NO2/c1-2-3-4-7-12-11(13)9-10-6-5-8-14-10/h1,10H,3-9H2,(H,12,13). The van der Waals surface area contributed by atoms with Crippen molar-refractivity contribution in [1.82, 2.24) is 5.32 Å². The van der Waals surface area contributed by atoms with Gasteiger partial charge < -0.3 is 10.1 Å². The third kappa shape index (κ3) is 4.29. The van der Waals surface area contributed by atoms with Crippen LogP contribution < -0.4 is 5.32 Å². The fraction of sp³-hybridized carbons (Fsp3) is 0.727. The number of rotatable bonds is 5. The Labute approximate surface area is 85.2 Å². The average Bonchev–Trinajstić information content (AvgIpc) is 2.65. The molecule has 0 bridgehead atoms. The third-order valence-electron chi connectivity index (χ3n) is 2.26. The van der Waals surface area contributed by atoms with Gasteiger partial charge in [-0.05, 0) is 19.3 Å². The summed E-state index contributed by atoms with van der Waals surface area (Å²) in [6.07, 6.45) is 9.40. The normalized spacial score (nSPS) is 20.4. The molecule has 1 fully saturated rings. The maximum atomic E-state index is 11.3. The first-order chi connectivity index (χ1) is 6.83. The van der Waals surface area contributed by atoms with Gasteiger partial charge >= 0.3 is 0 Å². The molecule has 1 rings (SSSR count). The Morgan fingerprint density at radius 2 is 2.50 bits per heavy atom. The van der Waals surface area contributed by atoms with Crippen LogP contribution in [0.25, 0.3) is 0 Å². The minimum atomic E-state index is 0.0777. The second kappa shape index (κ2) is 6.44. The molecule has 1 aliphatic rings. The highest BCUT2D eigenvalue weighted by Gasteiger charge is 2.18. The molecule has 14 heavy (non-hydrogen) atoms. The molecule has 0 saturated carbocycles.